The lowest BCUT2D eigenvalue weighted by atomic mass is 10.2. The summed E-state index contributed by atoms with van der Waals surface area (Å²) in [6, 6.07) is 9.66. The lowest BCUT2D eigenvalue weighted by Gasteiger charge is -2.35. The number of fused-ring (bicyclic) bond motifs is 1. The molecule has 2 N–H and O–H groups in total. The molecule has 2 aromatic heterocycles. The number of amides is 2. The van der Waals surface area contributed by atoms with Gasteiger partial charge in [0.2, 0.25) is 0 Å². The smallest absolute Gasteiger partial charge is 0.321 e. The van der Waals surface area contributed by atoms with Crippen LogP contribution in [0.4, 0.5) is 16.3 Å². The molecule has 3 heterocycles. The van der Waals surface area contributed by atoms with Crippen molar-refractivity contribution in [2.24, 2.45) is 0 Å². The highest BCUT2D eigenvalue weighted by atomic mass is 16.2. The number of piperazine rings is 1. The number of aromatic amines is 1. The van der Waals surface area contributed by atoms with Gasteiger partial charge in [-0.3, -0.25) is 5.10 Å². The van der Waals surface area contributed by atoms with Crippen LogP contribution in [0.2, 0.25) is 0 Å². The third-order valence-electron chi connectivity index (χ3n) is 4.54. The molecule has 1 aromatic carbocycles. The maximum Gasteiger partial charge on any atom is 0.321 e. The number of anilines is 2. The molecule has 2 amide bonds. The molecule has 128 valence electrons. The number of nitrogens with one attached hydrogen (secondary N) is 2. The normalized spacial score (nSPS) is 14.8. The second kappa shape index (κ2) is 6.43. The Morgan fingerprint density at radius 2 is 2.04 bits per heavy atom. The molecule has 0 atom stereocenters. The van der Waals surface area contributed by atoms with Crippen molar-refractivity contribution >= 4 is 28.4 Å². The van der Waals surface area contributed by atoms with E-state index in [1.807, 2.05) is 35.4 Å². The van der Waals surface area contributed by atoms with E-state index in [1.54, 1.807) is 6.20 Å². The van der Waals surface area contributed by atoms with Gasteiger partial charge in [0.1, 0.15) is 5.82 Å². The van der Waals surface area contributed by atoms with Crippen LogP contribution < -0.4 is 10.2 Å². The molecule has 1 aliphatic rings. The van der Waals surface area contributed by atoms with E-state index in [2.05, 4.69) is 38.4 Å². The van der Waals surface area contributed by atoms with Crippen molar-refractivity contribution in [2.75, 3.05) is 36.4 Å². The molecule has 0 bridgehead atoms. The standard InChI is InChI=1S/C18H20N6O/c1-13-3-2-6-19-17(13)23-7-9-24(10-8-23)18(25)21-15-4-5-16-14(11-15)12-20-22-16/h2-6,11-12H,7-10H2,1H3,(H,20,22)(H,21,25). The number of carbonyl (C=O) groups excluding carboxylic acids is 1. The molecule has 0 aliphatic carbocycles. The first-order valence-electron chi connectivity index (χ1n) is 8.36. The van der Waals surface area contributed by atoms with Crippen molar-refractivity contribution in [1.82, 2.24) is 20.1 Å². The van der Waals surface area contributed by atoms with Gasteiger partial charge in [-0.2, -0.15) is 5.10 Å². The average Bonchev–Trinajstić information content (AvgIpc) is 3.10. The number of hydrogen-bond donors (Lipinski definition) is 2. The fourth-order valence-electron chi connectivity index (χ4n) is 3.15. The highest BCUT2D eigenvalue weighted by Gasteiger charge is 2.22. The zero-order valence-electron chi connectivity index (χ0n) is 14.1. The fraction of sp³-hybridized carbons (Fsp3) is 0.278. The summed E-state index contributed by atoms with van der Waals surface area (Å²) in [5.74, 6) is 1.01. The van der Waals surface area contributed by atoms with Gasteiger partial charge in [0, 0.05) is 43.4 Å². The van der Waals surface area contributed by atoms with E-state index >= 15 is 0 Å². The first-order valence-corrected chi connectivity index (χ1v) is 8.36. The van der Waals surface area contributed by atoms with Gasteiger partial charge < -0.3 is 15.1 Å². The van der Waals surface area contributed by atoms with Crippen molar-refractivity contribution < 1.29 is 4.79 Å². The quantitative estimate of drug-likeness (QED) is 0.754. The molecule has 3 aromatic rings. The Kier molecular flexibility index (Phi) is 3.97. The lowest BCUT2D eigenvalue weighted by molar-refractivity contribution is 0.208. The van der Waals surface area contributed by atoms with E-state index < -0.39 is 0 Å². The Morgan fingerprint density at radius 3 is 2.84 bits per heavy atom. The number of hydrogen-bond acceptors (Lipinski definition) is 4. The summed E-state index contributed by atoms with van der Waals surface area (Å²) in [5.41, 5.74) is 2.90. The third-order valence-corrected chi connectivity index (χ3v) is 4.54. The maximum atomic E-state index is 12.5. The van der Waals surface area contributed by atoms with Crippen LogP contribution in [0.15, 0.2) is 42.7 Å². The van der Waals surface area contributed by atoms with Crippen LogP contribution in [0.3, 0.4) is 0 Å². The van der Waals surface area contributed by atoms with Gasteiger partial charge in [0.25, 0.3) is 0 Å². The van der Waals surface area contributed by atoms with Crippen LogP contribution in [-0.4, -0.2) is 52.3 Å². The van der Waals surface area contributed by atoms with Crippen molar-refractivity contribution in [3.05, 3.63) is 48.3 Å². The molecule has 1 fully saturated rings. The number of H-pyrrole nitrogens is 1. The lowest BCUT2D eigenvalue weighted by Crippen LogP contribution is -2.50. The Labute approximate surface area is 145 Å². The summed E-state index contributed by atoms with van der Waals surface area (Å²) in [6.07, 6.45) is 3.56. The number of aryl methyl sites for hydroxylation is 1. The summed E-state index contributed by atoms with van der Waals surface area (Å²) < 4.78 is 0. The number of rotatable bonds is 2. The van der Waals surface area contributed by atoms with Crippen molar-refractivity contribution in [2.45, 2.75) is 6.92 Å². The summed E-state index contributed by atoms with van der Waals surface area (Å²) in [7, 11) is 0. The van der Waals surface area contributed by atoms with Crippen LogP contribution in [0.5, 0.6) is 0 Å². The molecule has 25 heavy (non-hydrogen) atoms. The number of nitrogens with zero attached hydrogens (tertiary/aromatic N) is 4. The predicted molar refractivity (Wildman–Crippen MR) is 97.9 cm³/mol. The molecule has 1 saturated heterocycles. The molecule has 0 radical (unpaired) electrons. The van der Waals surface area contributed by atoms with Crippen molar-refractivity contribution in [3.8, 4) is 0 Å². The SMILES string of the molecule is Cc1cccnc1N1CCN(C(=O)Nc2ccc3[nH]ncc3c2)CC1. The Hall–Kier alpha value is -3.09. The number of carbonyl (C=O) groups is 1. The van der Waals surface area contributed by atoms with Gasteiger partial charge in [-0.25, -0.2) is 9.78 Å². The Bertz CT molecular complexity index is 897. The second-order valence-corrected chi connectivity index (χ2v) is 6.22. The summed E-state index contributed by atoms with van der Waals surface area (Å²) >= 11 is 0. The zero-order chi connectivity index (χ0) is 17.2. The molecule has 1 aliphatic heterocycles. The van der Waals surface area contributed by atoms with E-state index in [0.717, 1.165) is 41.1 Å². The molecule has 7 heteroatoms. The monoisotopic (exact) mass is 336 g/mol. The van der Waals surface area contributed by atoms with Gasteiger partial charge in [-0.1, -0.05) is 6.07 Å². The van der Waals surface area contributed by atoms with Gasteiger partial charge >= 0.3 is 6.03 Å². The van der Waals surface area contributed by atoms with Crippen molar-refractivity contribution in [3.63, 3.8) is 0 Å². The van der Waals surface area contributed by atoms with Gasteiger partial charge in [0.15, 0.2) is 0 Å². The number of benzene rings is 1. The molecular weight excluding hydrogens is 316 g/mol. The number of aromatic nitrogens is 3. The summed E-state index contributed by atoms with van der Waals surface area (Å²) in [4.78, 5) is 21.0. The zero-order valence-corrected chi connectivity index (χ0v) is 14.1. The Balaban J connectivity index is 1.38. The van der Waals surface area contributed by atoms with E-state index in [9.17, 15) is 4.79 Å². The van der Waals surface area contributed by atoms with Crippen LogP contribution in [0, 0.1) is 6.92 Å². The first kappa shape index (κ1) is 15.4. The molecule has 0 unspecified atom stereocenters. The number of urea groups is 1. The van der Waals surface area contributed by atoms with E-state index in [4.69, 9.17) is 0 Å². The van der Waals surface area contributed by atoms with E-state index in [0.29, 0.717) is 13.1 Å². The van der Waals surface area contributed by atoms with Crippen LogP contribution in [-0.2, 0) is 0 Å². The van der Waals surface area contributed by atoms with Gasteiger partial charge in [-0.15, -0.1) is 0 Å². The highest BCUT2D eigenvalue weighted by Crippen LogP contribution is 2.19. The molecule has 4 rings (SSSR count). The van der Waals surface area contributed by atoms with Gasteiger partial charge in [-0.05, 0) is 36.8 Å². The molecule has 0 spiro atoms. The minimum absolute atomic E-state index is 0.0692. The number of pyridine rings is 1. The summed E-state index contributed by atoms with van der Waals surface area (Å²) in [5, 5.41) is 10.9. The predicted octanol–water partition coefficient (Wildman–Crippen LogP) is 2.62. The second-order valence-electron chi connectivity index (χ2n) is 6.22. The van der Waals surface area contributed by atoms with Gasteiger partial charge in [0.05, 0.1) is 11.7 Å². The van der Waals surface area contributed by atoms with E-state index in [-0.39, 0.29) is 6.03 Å². The first-order chi connectivity index (χ1) is 12.2. The minimum Gasteiger partial charge on any atom is -0.353 e. The van der Waals surface area contributed by atoms with Crippen LogP contribution >= 0.6 is 0 Å². The average molecular weight is 336 g/mol. The maximum absolute atomic E-state index is 12.5. The van der Waals surface area contributed by atoms with Crippen LogP contribution in [0.25, 0.3) is 10.9 Å². The van der Waals surface area contributed by atoms with E-state index in [1.165, 1.54) is 0 Å². The fourth-order valence-corrected chi connectivity index (χ4v) is 3.15. The third kappa shape index (κ3) is 3.13. The molecule has 0 saturated carbocycles. The molecule has 7 nitrogen and oxygen atoms in total. The Morgan fingerprint density at radius 1 is 1.20 bits per heavy atom. The topological polar surface area (TPSA) is 77.2 Å². The summed E-state index contributed by atoms with van der Waals surface area (Å²) in [6.45, 7) is 4.98. The minimum atomic E-state index is -0.0692. The van der Waals surface area contributed by atoms with Crippen LogP contribution in [0.1, 0.15) is 5.56 Å². The molecular formula is C18H20N6O. The highest BCUT2D eigenvalue weighted by molar-refractivity contribution is 5.92. The van der Waals surface area contributed by atoms with Crippen molar-refractivity contribution in [1.29, 1.82) is 0 Å². The largest absolute Gasteiger partial charge is 0.353 e.